The van der Waals surface area contributed by atoms with Crippen molar-refractivity contribution in [3.05, 3.63) is 42.0 Å². The summed E-state index contributed by atoms with van der Waals surface area (Å²) in [6, 6.07) is 9.13. The Balaban J connectivity index is 1.99. The van der Waals surface area contributed by atoms with E-state index in [0.29, 0.717) is 6.04 Å². The lowest BCUT2D eigenvalue weighted by molar-refractivity contribution is 0.674. The Kier molecular flexibility index (Phi) is 2.87. The molecule has 2 rings (SSSR count). The molecule has 74 valence electrons. The second-order valence-electron chi connectivity index (χ2n) is 3.98. The van der Waals surface area contributed by atoms with Crippen LogP contribution in [0.1, 0.15) is 24.8 Å². The number of benzene rings is 1. The highest BCUT2D eigenvalue weighted by Crippen LogP contribution is 2.16. The average Bonchev–Trinajstić information content (AvgIpc) is 2.23. The Morgan fingerprint density at radius 3 is 2.64 bits per heavy atom. The first-order valence-electron chi connectivity index (χ1n) is 5.34. The molecule has 0 saturated heterocycles. The van der Waals surface area contributed by atoms with Gasteiger partial charge in [-0.15, -0.1) is 0 Å². The van der Waals surface area contributed by atoms with Gasteiger partial charge in [0.25, 0.3) is 0 Å². The molecule has 0 fully saturated rings. The van der Waals surface area contributed by atoms with Gasteiger partial charge in [-0.3, -0.25) is 0 Å². The topological polar surface area (TPSA) is 12.0 Å². The molecule has 0 spiro atoms. The summed E-state index contributed by atoms with van der Waals surface area (Å²) in [7, 11) is 0. The fourth-order valence-electron chi connectivity index (χ4n) is 1.80. The minimum atomic E-state index is 0.534. The molecule has 1 atom stereocenters. The normalized spacial score (nSPS) is 20.8. The number of hydrogen-bond donors (Lipinski definition) is 1. The second kappa shape index (κ2) is 4.32. The van der Waals surface area contributed by atoms with Gasteiger partial charge in [0.1, 0.15) is 0 Å². The molecular weight excluding hydrogens is 170 g/mol. The van der Waals surface area contributed by atoms with E-state index in [0.717, 1.165) is 0 Å². The maximum absolute atomic E-state index is 3.52. The fourth-order valence-corrected chi connectivity index (χ4v) is 1.80. The number of hydrogen-bond acceptors (Lipinski definition) is 1. The third-order valence-corrected chi connectivity index (χ3v) is 2.66. The second-order valence-corrected chi connectivity index (χ2v) is 3.98. The molecule has 0 amide bonds. The zero-order valence-electron chi connectivity index (χ0n) is 8.66. The molecule has 0 heterocycles. The van der Waals surface area contributed by atoms with E-state index in [2.05, 4.69) is 48.7 Å². The summed E-state index contributed by atoms with van der Waals surface area (Å²) in [5.74, 6) is 0. The Hall–Kier alpha value is -1.24. The van der Waals surface area contributed by atoms with Crippen LogP contribution in [-0.4, -0.2) is 6.04 Å². The molecule has 0 aliphatic heterocycles. The molecule has 0 bridgehead atoms. The van der Waals surface area contributed by atoms with Crippen LogP contribution in [0.25, 0.3) is 0 Å². The summed E-state index contributed by atoms with van der Waals surface area (Å²) in [5, 5.41) is 3.52. The summed E-state index contributed by atoms with van der Waals surface area (Å²) in [4.78, 5) is 0. The van der Waals surface area contributed by atoms with Crippen LogP contribution in [0.3, 0.4) is 0 Å². The van der Waals surface area contributed by atoms with Crippen molar-refractivity contribution in [1.29, 1.82) is 0 Å². The van der Waals surface area contributed by atoms with Crippen LogP contribution in [0.4, 0.5) is 5.69 Å². The summed E-state index contributed by atoms with van der Waals surface area (Å²) < 4.78 is 0. The minimum Gasteiger partial charge on any atom is -0.379 e. The van der Waals surface area contributed by atoms with Gasteiger partial charge in [0.2, 0.25) is 0 Å². The lowest BCUT2D eigenvalue weighted by atomic mass is 10.0. The highest BCUT2D eigenvalue weighted by atomic mass is 14.9. The molecule has 1 N–H and O–H groups in total. The van der Waals surface area contributed by atoms with Crippen molar-refractivity contribution in [3.63, 3.8) is 0 Å². The van der Waals surface area contributed by atoms with Crippen LogP contribution in [0.5, 0.6) is 0 Å². The molecule has 1 aliphatic rings. The van der Waals surface area contributed by atoms with Crippen LogP contribution in [0.15, 0.2) is 36.4 Å². The summed E-state index contributed by atoms with van der Waals surface area (Å²) in [5.41, 5.74) is 2.54. The maximum Gasteiger partial charge on any atom is 0.0444 e. The molecule has 1 aromatic carbocycles. The standard InChI is InChI=1S/C13H17N/c1-11-7-9-13(10-8-11)14-12-5-3-2-4-6-12/h3,5,7-10,12,14H,2,4,6H2,1H3. The molecule has 0 aromatic heterocycles. The summed E-state index contributed by atoms with van der Waals surface area (Å²) >= 11 is 0. The number of aryl methyl sites for hydroxylation is 1. The Morgan fingerprint density at radius 1 is 1.21 bits per heavy atom. The van der Waals surface area contributed by atoms with Crippen LogP contribution in [0, 0.1) is 6.92 Å². The molecule has 0 saturated carbocycles. The lowest BCUT2D eigenvalue weighted by Crippen LogP contribution is -2.18. The van der Waals surface area contributed by atoms with Gasteiger partial charge < -0.3 is 5.32 Å². The van der Waals surface area contributed by atoms with E-state index < -0.39 is 0 Å². The Labute approximate surface area is 85.8 Å². The van der Waals surface area contributed by atoms with E-state index in [1.165, 1.54) is 30.5 Å². The van der Waals surface area contributed by atoms with Crippen molar-refractivity contribution < 1.29 is 0 Å². The van der Waals surface area contributed by atoms with Gasteiger partial charge in [-0.05, 0) is 38.3 Å². The van der Waals surface area contributed by atoms with E-state index in [4.69, 9.17) is 0 Å². The number of allylic oxidation sites excluding steroid dienone is 1. The third kappa shape index (κ3) is 2.38. The molecule has 14 heavy (non-hydrogen) atoms. The van der Waals surface area contributed by atoms with E-state index in [1.54, 1.807) is 0 Å². The molecule has 1 heteroatoms. The van der Waals surface area contributed by atoms with Crippen LogP contribution < -0.4 is 5.32 Å². The van der Waals surface area contributed by atoms with Gasteiger partial charge in [-0.2, -0.15) is 0 Å². The lowest BCUT2D eigenvalue weighted by Gasteiger charge is -2.19. The van der Waals surface area contributed by atoms with Crippen LogP contribution >= 0.6 is 0 Å². The predicted molar refractivity (Wildman–Crippen MR) is 61.6 cm³/mol. The Bertz CT molecular complexity index is 311. The predicted octanol–water partition coefficient (Wildman–Crippen LogP) is 3.52. The van der Waals surface area contributed by atoms with Crippen molar-refractivity contribution in [2.45, 2.75) is 32.2 Å². The highest BCUT2D eigenvalue weighted by molar-refractivity contribution is 5.46. The third-order valence-electron chi connectivity index (χ3n) is 2.66. The molecule has 0 radical (unpaired) electrons. The first-order chi connectivity index (χ1) is 6.84. The molecular formula is C13H17N. The maximum atomic E-state index is 3.52. The number of anilines is 1. The van der Waals surface area contributed by atoms with Crippen molar-refractivity contribution in [2.75, 3.05) is 5.32 Å². The van der Waals surface area contributed by atoms with Crippen molar-refractivity contribution in [3.8, 4) is 0 Å². The van der Waals surface area contributed by atoms with Crippen LogP contribution in [-0.2, 0) is 0 Å². The fraction of sp³-hybridized carbons (Fsp3) is 0.385. The highest BCUT2D eigenvalue weighted by Gasteiger charge is 2.06. The van der Waals surface area contributed by atoms with Crippen molar-refractivity contribution >= 4 is 5.69 Å². The minimum absolute atomic E-state index is 0.534. The zero-order valence-corrected chi connectivity index (χ0v) is 8.66. The van der Waals surface area contributed by atoms with Gasteiger partial charge in [0.15, 0.2) is 0 Å². The van der Waals surface area contributed by atoms with E-state index in [9.17, 15) is 0 Å². The number of rotatable bonds is 2. The van der Waals surface area contributed by atoms with E-state index in [1.807, 2.05) is 0 Å². The van der Waals surface area contributed by atoms with Gasteiger partial charge >= 0.3 is 0 Å². The Morgan fingerprint density at radius 2 is 2.00 bits per heavy atom. The smallest absolute Gasteiger partial charge is 0.0444 e. The zero-order chi connectivity index (χ0) is 9.80. The molecule has 1 aliphatic carbocycles. The average molecular weight is 187 g/mol. The van der Waals surface area contributed by atoms with Gasteiger partial charge in [-0.1, -0.05) is 29.8 Å². The summed E-state index contributed by atoms with van der Waals surface area (Å²) in [6.45, 7) is 2.12. The molecule has 1 aromatic rings. The summed E-state index contributed by atoms with van der Waals surface area (Å²) in [6.07, 6.45) is 8.36. The molecule has 1 unspecified atom stereocenters. The van der Waals surface area contributed by atoms with Gasteiger partial charge in [0, 0.05) is 11.7 Å². The van der Waals surface area contributed by atoms with E-state index >= 15 is 0 Å². The van der Waals surface area contributed by atoms with Gasteiger partial charge in [-0.25, -0.2) is 0 Å². The van der Waals surface area contributed by atoms with Gasteiger partial charge in [0.05, 0.1) is 0 Å². The van der Waals surface area contributed by atoms with Crippen LogP contribution in [0.2, 0.25) is 0 Å². The molecule has 1 nitrogen and oxygen atoms in total. The van der Waals surface area contributed by atoms with Crippen molar-refractivity contribution in [2.24, 2.45) is 0 Å². The van der Waals surface area contributed by atoms with E-state index in [-0.39, 0.29) is 0 Å². The van der Waals surface area contributed by atoms with Crippen molar-refractivity contribution in [1.82, 2.24) is 0 Å². The first-order valence-corrected chi connectivity index (χ1v) is 5.34. The largest absolute Gasteiger partial charge is 0.379 e. The SMILES string of the molecule is Cc1ccc(NC2C=CCCC2)cc1. The number of nitrogens with one attached hydrogen (secondary N) is 1. The quantitative estimate of drug-likeness (QED) is 0.698. The first kappa shape index (κ1) is 9.32. The monoisotopic (exact) mass is 187 g/mol.